The smallest absolute Gasteiger partial charge is 0.122 e. The highest BCUT2D eigenvalue weighted by Crippen LogP contribution is 2.18. The Morgan fingerprint density at radius 3 is 2.65 bits per heavy atom. The predicted molar refractivity (Wildman–Crippen MR) is 65.4 cm³/mol. The first-order valence-corrected chi connectivity index (χ1v) is 5.64. The van der Waals surface area contributed by atoms with Gasteiger partial charge in [-0.15, -0.1) is 0 Å². The number of aliphatic hydroxyl groups excluding tert-OH is 1. The van der Waals surface area contributed by atoms with E-state index in [1.54, 1.807) is 14.2 Å². The van der Waals surface area contributed by atoms with E-state index in [2.05, 4.69) is 0 Å². The standard InChI is InChI=1S/C13H20O4/c1-15-7-8-17-10-12(14)9-11-5-3-4-6-13(11)16-2/h3-6,12,14H,7-10H2,1-2H3. The molecule has 0 spiro atoms. The molecule has 0 aliphatic rings. The summed E-state index contributed by atoms with van der Waals surface area (Å²) in [6.07, 6.45) is -0.0000583. The van der Waals surface area contributed by atoms with Gasteiger partial charge in [0, 0.05) is 13.5 Å². The van der Waals surface area contributed by atoms with E-state index in [1.165, 1.54) is 0 Å². The normalized spacial score (nSPS) is 12.4. The van der Waals surface area contributed by atoms with Gasteiger partial charge >= 0.3 is 0 Å². The number of aliphatic hydroxyl groups is 1. The van der Waals surface area contributed by atoms with Crippen molar-refractivity contribution in [3.63, 3.8) is 0 Å². The SMILES string of the molecule is COCCOCC(O)Cc1ccccc1OC. The summed E-state index contributed by atoms with van der Waals surface area (Å²) in [7, 11) is 3.24. The van der Waals surface area contributed by atoms with E-state index >= 15 is 0 Å². The number of rotatable bonds is 8. The van der Waals surface area contributed by atoms with Crippen LogP contribution in [0.1, 0.15) is 5.56 Å². The van der Waals surface area contributed by atoms with Crippen LogP contribution in [0.4, 0.5) is 0 Å². The van der Waals surface area contributed by atoms with E-state index in [9.17, 15) is 5.11 Å². The summed E-state index contributed by atoms with van der Waals surface area (Å²) in [5.74, 6) is 0.795. The number of methoxy groups -OCH3 is 2. The average molecular weight is 240 g/mol. The van der Waals surface area contributed by atoms with Gasteiger partial charge in [-0.05, 0) is 11.6 Å². The monoisotopic (exact) mass is 240 g/mol. The lowest BCUT2D eigenvalue weighted by Crippen LogP contribution is -2.19. The second kappa shape index (κ2) is 8.06. The molecule has 0 aliphatic heterocycles. The molecule has 0 fully saturated rings. The van der Waals surface area contributed by atoms with Crippen LogP contribution in [0.2, 0.25) is 0 Å². The summed E-state index contributed by atoms with van der Waals surface area (Å²) in [5, 5.41) is 9.80. The molecule has 1 aromatic carbocycles. The molecule has 0 saturated carbocycles. The van der Waals surface area contributed by atoms with Gasteiger partial charge in [-0.1, -0.05) is 18.2 Å². The van der Waals surface area contributed by atoms with Crippen LogP contribution in [0, 0.1) is 0 Å². The fourth-order valence-electron chi connectivity index (χ4n) is 1.55. The lowest BCUT2D eigenvalue weighted by atomic mass is 10.1. The van der Waals surface area contributed by atoms with Gasteiger partial charge in [0.05, 0.1) is 33.0 Å². The van der Waals surface area contributed by atoms with Crippen molar-refractivity contribution in [1.82, 2.24) is 0 Å². The number of hydrogen-bond acceptors (Lipinski definition) is 4. The highest BCUT2D eigenvalue weighted by molar-refractivity contribution is 5.33. The zero-order valence-electron chi connectivity index (χ0n) is 10.4. The zero-order chi connectivity index (χ0) is 12.5. The van der Waals surface area contributed by atoms with Crippen LogP contribution >= 0.6 is 0 Å². The van der Waals surface area contributed by atoms with Crippen molar-refractivity contribution in [1.29, 1.82) is 0 Å². The Labute approximate surface area is 102 Å². The third-order valence-corrected chi connectivity index (χ3v) is 2.39. The molecule has 1 unspecified atom stereocenters. The molecular weight excluding hydrogens is 220 g/mol. The van der Waals surface area contributed by atoms with E-state index in [0.29, 0.717) is 26.2 Å². The maximum absolute atomic E-state index is 9.80. The van der Waals surface area contributed by atoms with E-state index in [1.807, 2.05) is 24.3 Å². The van der Waals surface area contributed by atoms with Crippen molar-refractivity contribution in [2.24, 2.45) is 0 Å². The van der Waals surface area contributed by atoms with Gasteiger partial charge in [-0.2, -0.15) is 0 Å². The minimum atomic E-state index is -0.525. The van der Waals surface area contributed by atoms with E-state index < -0.39 is 6.10 Å². The molecule has 17 heavy (non-hydrogen) atoms. The van der Waals surface area contributed by atoms with Gasteiger partial charge in [-0.25, -0.2) is 0 Å². The van der Waals surface area contributed by atoms with Crippen LogP contribution in [0.5, 0.6) is 5.75 Å². The van der Waals surface area contributed by atoms with E-state index in [-0.39, 0.29) is 0 Å². The van der Waals surface area contributed by atoms with Gasteiger partial charge < -0.3 is 19.3 Å². The zero-order valence-corrected chi connectivity index (χ0v) is 10.4. The Morgan fingerprint density at radius 1 is 1.18 bits per heavy atom. The molecule has 1 N–H and O–H groups in total. The van der Waals surface area contributed by atoms with Crippen LogP contribution in [0.15, 0.2) is 24.3 Å². The fourth-order valence-corrected chi connectivity index (χ4v) is 1.55. The van der Waals surface area contributed by atoms with Gasteiger partial charge in [0.1, 0.15) is 5.75 Å². The van der Waals surface area contributed by atoms with Crippen molar-refractivity contribution >= 4 is 0 Å². The molecule has 4 heteroatoms. The molecular formula is C13H20O4. The quantitative estimate of drug-likeness (QED) is 0.695. The summed E-state index contributed by atoms with van der Waals surface area (Å²) in [6.45, 7) is 1.35. The van der Waals surface area contributed by atoms with Gasteiger partial charge in [0.2, 0.25) is 0 Å². The van der Waals surface area contributed by atoms with E-state index in [4.69, 9.17) is 14.2 Å². The van der Waals surface area contributed by atoms with Crippen LogP contribution in [0.25, 0.3) is 0 Å². The first kappa shape index (κ1) is 14.0. The molecule has 0 aliphatic carbocycles. The Kier molecular flexibility index (Phi) is 6.62. The second-order valence-corrected chi connectivity index (χ2v) is 3.74. The Bertz CT molecular complexity index is 314. The summed E-state index contributed by atoms with van der Waals surface area (Å²) in [6, 6.07) is 7.66. The first-order chi connectivity index (χ1) is 8.27. The van der Waals surface area contributed by atoms with Crippen molar-refractivity contribution in [2.75, 3.05) is 34.0 Å². The Balaban J connectivity index is 2.36. The minimum Gasteiger partial charge on any atom is -0.496 e. The van der Waals surface area contributed by atoms with Crippen molar-refractivity contribution in [2.45, 2.75) is 12.5 Å². The molecule has 0 amide bonds. The molecule has 96 valence electrons. The number of hydrogen-bond donors (Lipinski definition) is 1. The van der Waals surface area contributed by atoms with Crippen LogP contribution in [-0.4, -0.2) is 45.3 Å². The highest BCUT2D eigenvalue weighted by Gasteiger charge is 2.09. The van der Waals surface area contributed by atoms with Crippen LogP contribution < -0.4 is 4.74 Å². The Morgan fingerprint density at radius 2 is 1.94 bits per heavy atom. The first-order valence-electron chi connectivity index (χ1n) is 5.64. The van der Waals surface area contributed by atoms with E-state index in [0.717, 1.165) is 11.3 Å². The highest BCUT2D eigenvalue weighted by atomic mass is 16.5. The average Bonchev–Trinajstić information content (AvgIpc) is 2.35. The largest absolute Gasteiger partial charge is 0.496 e. The maximum Gasteiger partial charge on any atom is 0.122 e. The molecule has 0 radical (unpaired) electrons. The third-order valence-electron chi connectivity index (χ3n) is 2.39. The number of ether oxygens (including phenoxy) is 3. The second-order valence-electron chi connectivity index (χ2n) is 3.74. The minimum absolute atomic E-state index is 0.307. The summed E-state index contributed by atoms with van der Waals surface area (Å²) >= 11 is 0. The summed E-state index contributed by atoms with van der Waals surface area (Å²) in [4.78, 5) is 0. The number of benzene rings is 1. The van der Waals surface area contributed by atoms with Gasteiger partial charge in [0.15, 0.2) is 0 Å². The topological polar surface area (TPSA) is 47.9 Å². The van der Waals surface area contributed by atoms with Crippen molar-refractivity contribution in [3.05, 3.63) is 29.8 Å². The molecule has 0 saturated heterocycles. The number of para-hydroxylation sites is 1. The van der Waals surface area contributed by atoms with Crippen LogP contribution in [0.3, 0.4) is 0 Å². The van der Waals surface area contributed by atoms with Crippen LogP contribution in [-0.2, 0) is 15.9 Å². The lowest BCUT2D eigenvalue weighted by molar-refractivity contribution is 0.0135. The molecule has 0 heterocycles. The third kappa shape index (κ3) is 5.17. The van der Waals surface area contributed by atoms with Gasteiger partial charge in [-0.3, -0.25) is 0 Å². The molecule has 0 bridgehead atoms. The molecule has 1 aromatic rings. The summed E-state index contributed by atoms with van der Waals surface area (Å²) in [5.41, 5.74) is 0.984. The molecule has 0 aromatic heterocycles. The maximum atomic E-state index is 9.80. The van der Waals surface area contributed by atoms with Crippen molar-refractivity contribution < 1.29 is 19.3 Å². The predicted octanol–water partition coefficient (Wildman–Crippen LogP) is 1.26. The Hall–Kier alpha value is -1.10. The fraction of sp³-hybridized carbons (Fsp3) is 0.538. The van der Waals surface area contributed by atoms with Gasteiger partial charge in [0.25, 0.3) is 0 Å². The van der Waals surface area contributed by atoms with Crippen molar-refractivity contribution in [3.8, 4) is 5.75 Å². The molecule has 4 nitrogen and oxygen atoms in total. The molecule has 1 atom stereocenters. The lowest BCUT2D eigenvalue weighted by Gasteiger charge is -2.13. The molecule has 1 rings (SSSR count). The summed E-state index contributed by atoms with van der Waals surface area (Å²) < 4.78 is 15.3.